The zero-order valence-corrected chi connectivity index (χ0v) is 11.6. The maximum Gasteiger partial charge on any atom is 0.124 e. The predicted octanol–water partition coefficient (Wildman–Crippen LogP) is 4.07. The van der Waals surface area contributed by atoms with E-state index in [1.165, 1.54) is 11.1 Å². The van der Waals surface area contributed by atoms with Crippen LogP contribution >= 0.6 is 11.3 Å². The molecule has 2 nitrogen and oxygen atoms in total. The van der Waals surface area contributed by atoms with E-state index in [9.17, 15) is 0 Å². The van der Waals surface area contributed by atoms with Crippen LogP contribution in [0.5, 0.6) is 0 Å². The first kappa shape index (κ1) is 12.2. The SMILES string of the molecule is CCc1cnccc1-c1nc(C(C)(C)C)cs1. The topological polar surface area (TPSA) is 25.8 Å². The highest BCUT2D eigenvalue weighted by molar-refractivity contribution is 7.13. The summed E-state index contributed by atoms with van der Waals surface area (Å²) < 4.78 is 0. The summed E-state index contributed by atoms with van der Waals surface area (Å²) >= 11 is 1.72. The molecule has 0 spiro atoms. The molecule has 0 unspecified atom stereocenters. The lowest BCUT2D eigenvalue weighted by molar-refractivity contribution is 0.573. The molecule has 0 bridgehead atoms. The van der Waals surface area contributed by atoms with Gasteiger partial charge in [-0.1, -0.05) is 27.7 Å². The first-order valence-corrected chi connectivity index (χ1v) is 6.79. The smallest absolute Gasteiger partial charge is 0.124 e. The molecule has 0 aliphatic rings. The number of hydrogen-bond acceptors (Lipinski definition) is 3. The molecule has 90 valence electrons. The standard InChI is InChI=1S/C14H18N2S/c1-5-10-8-15-7-6-11(10)13-16-12(9-17-13)14(2,3)4/h6-9H,5H2,1-4H3. The number of rotatable bonds is 2. The summed E-state index contributed by atoms with van der Waals surface area (Å²) in [7, 11) is 0. The zero-order valence-electron chi connectivity index (χ0n) is 10.8. The van der Waals surface area contributed by atoms with Gasteiger partial charge in [0.15, 0.2) is 0 Å². The van der Waals surface area contributed by atoms with E-state index in [4.69, 9.17) is 4.98 Å². The molecule has 0 fully saturated rings. The molecule has 0 amide bonds. The van der Waals surface area contributed by atoms with Gasteiger partial charge in [0.2, 0.25) is 0 Å². The van der Waals surface area contributed by atoms with Crippen LogP contribution in [-0.2, 0) is 11.8 Å². The van der Waals surface area contributed by atoms with Crippen molar-refractivity contribution in [3.05, 3.63) is 35.1 Å². The van der Waals surface area contributed by atoms with E-state index in [2.05, 4.69) is 44.1 Å². The maximum absolute atomic E-state index is 4.75. The predicted molar refractivity (Wildman–Crippen MR) is 73.4 cm³/mol. The van der Waals surface area contributed by atoms with Crippen LogP contribution in [0.4, 0.5) is 0 Å². The number of thiazole rings is 1. The highest BCUT2D eigenvalue weighted by Gasteiger charge is 2.18. The minimum Gasteiger partial charge on any atom is -0.264 e. The van der Waals surface area contributed by atoms with Crippen LogP contribution in [0.3, 0.4) is 0 Å². The molecule has 0 radical (unpaired) electrons. The third kappa shape index (κ3) is 2.55. The van der Waals surface area contributed by atoms with Gasteiger partial charge in [0.1, 0.15) is 5.01 Å². The van der Waals surface area contributed by atoms with Gasteiger partial charge in [-0.3, -0.25) is 4.98 Å². The van der Waals surface area contributed by atoms with Gasteiger partial charge in [0.25, 0.3) is 0 Å². The van der Waals surface area contributed by atoms with Gasteiger partial charge < -0.3 is 0 Å². The fourth-order valence-electron chi connectivity index (χ4n) is 1.66. The van der Waals surface area contributed by atoms with E-state index in [1.54, 1.807) is 11.3 Å². The molecule has 0 N–H and O–H groups in total. The molecule has 0 aliphatic carbocycles. The van der Waals surface area contributed by atoms with E-state index in [1.807, 2.05) is 12.4 Å². The van der Waals surface area contributed by atoms with Crippen LogP contribution in [0.1, 0.15) is 39.0 Å². The van der Waals surface area contributed by atoms with Crippen molar-refractivity contribution in [3.63, 3.8) is 0 Å². The van der Waals surface area contributed by atoms with Crippen LogP contribution in [0.15, 0.2) is 23.8 Å². The largest absolute Gasteiger partial charge is 0.264 e. The number of hydrogen-bond donors (Lipinski definition) is 0. The van der Waals surface area contributed by atoms with Crippen molar-refractivity contribution in [2.24, 2.45) is 0 Å². The molecule has 0 saturated heterocycles. The minimum absolute atomic E-state index is 0.119. The number of aryl methyl sites for hydroxylation is 1. The summed E-state index contributed by atoms with van der Waals surface area (Å²) in [5.41, 5.74) is 3.77. The fourth-order valence-corrected chi connectivity index (χ4v) is 2.77. The number of pyridine rings is 1. The highest BCUT2D eigenvalue weighted by atomic mass is 32.1. The molecular weight excluding hydrogens is 228 g/mol. The Morgan fingerprint density at radius 1 is 1.29 bits per heavy atom. The molecule has 2 aromatic rings. The van der Waals surface area contributed by atoms with Crippen molar-refractivity contribution >= 4 is 11.3 Å². The van der Waals surface area contributed by atoms with Crippen molar-refractivity contribution in [1.29, 1.82) is 0 Å². The van der Waals surface area contributed by atoms with E-state index in [-0.39, 0.29) is 5.41 Å². The molecule has 2 heterocycles. The number of nitrogens with zero attached hydrogens (tertiary/aromatic N) is 2. The summed E-state index contributed by atoms with van der Waals surface area (Å²) in [5, 5.41) is 3.27. The van der Waals surface area contributed by atoms with Crippen LogP contribution in [0.2, 0.25) is 0 Å². The second-order valence-corrected chi connectivity index (χ2v) is 6.03. The van der Waals surface area contributed by atoms with Crippen LogP contribution < -0.4 is 0 Å². The van der Waals surface area contributed by atoms with E-state index >= 15 is 0 Å². The Balaban J connectivity index is 2.44. The second-order valence-electron chi connectivity index (χ2n) is 5.17. The number of aromatic nitrogens is 2. The van der Waals surface area contributed by atoms with Gasteiger partial charge in [0, 0.05) is 28.8 Å². The lowest BCUT2D eigenvalue weighted by atomic mass is 9.93. The Morgan fingerprint density at radius 2 is 2.06 bits per heavy atom. The monoisotopic (exact) mass is 246 g/mol. The van der Waals surface area contributed by atoms with Crippen molar-refractivity contribution in [1.82, 2.24) is 9.97 Å². The van der Waals surface area contributed by atoms with Crippen molar-refractivity contribution in [3.8, 4) is 10.6 Å². The van der Waals surface area contributed by atoms with Crippen LogP contribution in [-0.4, -0.2) is 9.97 Å². The highest BCUT2D eigenvalue weighted by Crippen LogP contribution is 2.31. The second kappa shape index (κ2) is 4.57. The summed E-state index contributed by atoms with van der Waals surface area (Å²) in [6.07, 6.45) is 4.77. The molecule has 3 heteroatoms. The zero-order chi connectivity index (χ0) is 12.5. The lowest BCUT2D eigenvalue weighted by Gasteiger charge is -2.14. The molecule has 0 atom stereocenters. The summed E-state index contributed by atoms with van der Waals surface area (Å²) in [5.74, 6) is 0. The quantitative estimate of drug-likeness (QED) is 0.798. The Hall–Kier alpha value is -1.22. The van der Waals surface area contributed by atoms with Gasteiger partial charge in [-0.15, -0.1) is 11.3 Å². The van der Waals surface area contributed by atoms with Gasteiger partial charge >= 0.3 is 0 Å². The molecule has 0 aromatic carbocycles. The molecule has 2 rings (SSSR count). The molecule has 0 aliphatic heterocycles. The Kier molecular flexibility index (Phi) is 3.29. The van der Waals surface area contributed by atoms with E-state index < -0.39 is 0 Å². The molecular formula is C14H18N2S. The van der Waals surface area contributed by atoms with Crippen LogP contribution in [0.25, 0.3) is 10.6 Å². The summed E-state index contributed by atoms with van der Waals surface area (Å²) in [6, 6.07) is 2.06. The van der Waals surface area contributed by atoms with Crippen molar-refractivity contribution < 1.29 is 0 Å². The lowest BCUT2D eigenvalue weighted by Crippen LogP contribution is -2.11. The first-order valence-electron chi connectivity index (χ1n) is 5.91. The van der Waals surface area contributed by atoms with Crippen molar-refractivity contribution in [2.45, 2.75) is 39.5 Å². The fraction of sp³-hybridized carbons (Fsp3) is 0.429. The van der Waals surface area contributed by atoms with Gasteiger partial charge in [0.05, 0.1) is 5.69 Å². The maximum atomic E-state index is 4.75. The third-order valence-corrected chi connectivity index (χ3v) is 3.66. The van der Waals surface area contributed by atoms with Crippen LogP contribution in [0, 0.1) is 0 Å². The summed E-state index contributed by atoms with van der Waals surface area (Å²) in [6.45, 7) is 8.73. The Morgan fingerprint density at radius 3 is 2.65 bits per heavy atom. The molecule has 2 aromatic heterocycles. The summed E-state index contributed by atoms with van der Waals surface area (Å²) in [4.78, 5) is 8.93. The normalized spacial score (nSPS) is 11.8. The van der Waals surface area contributed by atoms with Crippen molar-refractivity contribution in [2.75, 3.05) is 0 Å². The average Bonchev–Trinajstić information content (AvgIpc) is 2.77. The van der Waals surface area contributed by atoms with Gasteiger partial charge in [-0.25, -0.2) is 4.98 Å². The minimum atomic E-state index is 0.119. The third-order valence-electron chi connectivity index (χ3n) is 2.79. The van der Waals surface area contributed by atoms with Gasteiger partial charge in [-0.2, -0.15) is 0 Å². The molecule has 17 heavy (non-hydrogen) atoms. The van der Waals surface area contributed by atoms with E-state index in [0.717, 1.165) is 17.1 Å². The average molecular weight is 246 g/mol. The first-order chi connectivity index (χ1) is 8.02. The Labute approximate surface area is 107 Å². The van der Waals surface area contributed by atoms with E-state index in [0.29, 0.717) is 0 Å². The molecule has 0 saturated carbocycles. The van der Waals surface area contributed by atoms with Gasteiger partial charge in [-0.05, 0) is 18.1 Å². The Bertz CT molecular complexity index is 509.